The van der Waals surface area contributed by atoms with Crippen molar-refractivity contribution < 1.29 is 4.74 Å². The van der Waals surface area contributed by atoms with Gasteiger partial charge in [-0.05, 0) is 36.7 Å². The molecule has 1 heterocycles. The molecule has 0 amide bonds. The molecule has 0 N–H and O–H groups in total. The lowest BCUT2D eigenvalue weighted by Crippen LogP contribution is -2.17. The van der Waals surface area contributed by atoms with E-state index in [4.69, 9.17) is 4.74 Å². The van der Waals surface area contributed by atoms with E-state index in [1.165, 1.54) is 22.3 Å². The second kappa shape index (κ2) is 6.80. The Morgan fingerprint density at radius 3 is 2.95 bits per heavy atom. The first-order valence-electron chi connectivity index (χ1n) is 7.87. The number of likely N-dealkylation sites (N-methyl/N-ethyl adjacent to an activating group) is 1. The first kappa shape index (κ1) is 14.9. The van der Waals surface area contributed by atoms with Gasteiger partial charge in [0.05, 0.1) is 6.61 Å². The third-order valence-corrected chi connectivity index (χ3v) is 3.98. The predicted octanol–water partition coefficient (Wildman–Crippen LogP) is 4.08. The number of benzene rings is 2. The van der Waals surface area contributed by atoms with Crippen LogP contribution in [0.5, 0.6) is 5.75 Å². The molecule has 0 saturated heterocycles. The van der Waals surface area contributed by atoms with Crippen molar-refractivity contribution in [3.8, 4) is 5.75 Å². The van der Waals surface area contributed by atoms with Crippen LogP contribution in [0, 0.1) is 6.92 Å². The fraction of sp³-hybridized carbons (Fsp3) is 0.300. The Bertz CT molecular complexity index is 675. The van der Waals surface area contributed by atoms with Gasteiger partial charge < -0.3 is 4.74 Å². The molecule has 2 nitrogen and oxygen atoms in total. The van der Waals surface area contributed by atoms with Gasteiger partial charge in [0.1, 0.15) is 5.75 Å². The van der Waals surface area contributed by atoms with Gasteiger partial charge in [-0.15, -0.1) is 0 Å². The van der Waals surface area contributed by atoms with Gasteiger partial charge in [-0.1, -0.05) is 54.1 Å². The van der Waals surface area contributed by atoms with Crippen LogP contribution in [0.1, 0.15) is 22.3 Å². The third kappa shape index (κ3) is 3.77. The first-order chi connectivity index (χ1) is 10.7. The Hall–Kier alpha value is -2.06. The van der Waals surface area contributed by atoms with Crippen molar-refractivity contribution in [3.63, 3.8) is 0 Å². The molecule has 0 radical (unpaired) electrons. The van der Waals surface area contributed by atoms with Gasteiger partial charge in [-0.25, -0.2) is 0 Å². The standard InChI is InChI=1S/C20H23NO/c1-16-5-3-6-17(13-16)7-4-11-21(2)15-18-8-9-20-19(14-18)10-12-22-20/h3-9,13-14H,10-12,15H2,1-2H3. The van der Waals surface area contributed by atoms with E-state index >= 15 is 0 Å². The van der Waals surface area contributed by atoms with E-state index in [2.05, 4.69) is 73.5 Å². The molecule has 0 atom stereocenters. The second-order valence-electron chi connectivity index (χ2n) is 6.05. The van der Waals surface area contributed by atoms with E-state index in [1.54, 1.807) is 0 Å². The molecule has 0 aromatic heterocycles. The summed E-state index contributed by atoms with van der Waals surface area (Å²) in [6, 6.07) is 15.1. The summed E-state index contributed by atoms with van der Waals surface area (Å²) in [7, 11) is 2.16. The molecule has 1 aliphatic rings. The minimum Gasteiger partial charge on any atom is -0.493 e. The highest BCUT2D eigenvalue weighted by atomic mass is 16.5. The highest BCUT2D eigenvalue weighted by molar-refractivity contribution is 5.50. The number of hydrogen-bond donors (Lipinski definition) is 0. The fourth-order valence-corrected chi connectivity index (χ4v) is 2.86. The average molecular weight is 293 g/mol. The van der Waals surface area contributed by atoms with Crippen molar-refractivity contribution >= 4 is 6.08 Å². The zero-order valence-electron chi connectivity index (χ0n) is 13.4. The maximum atomic E-state index is 5.56. The molecule has 114 valence electrons. The van der Waals surface area contributed by atoms with Crippen molar-refractivity contribution in [1.82, 2.24) is 4.90 Å². The Labute approximate surface area is 133 Å². The van der Waals surface area contributed by atoms with E-state index in [9.17, 15) is 0 Å². The van der Waals surface area contributed by atoms with Crippen LogP contribution in [-0.2, 0) is 13.0 Å². The highest BCUT2D eigenvalue weighted by Crippen LogP contribution is 2.26. The van der Waals surface area contributed by atoms with E-state index < -0.39 is 0 Å². The Kier molecular flexibility index (Phi) is 4.59. The average Bonchev–Trinajstić information content (AvgIpc) is 2.95. The predicted molar refractivity (Wildman–Crippen MR) is 92.2 cm³/mol. The van der Waals surface area contributed by atoms with Gasteiger partial charge in [-0.3, -0.25) is 4.90 Å². The number of rotatable bonds is 5. The van der Waals surface area contributed by atoms with E-state index in [-0.39, 0.29) is 0 Å². The number of ether oxygens (including phenoxy) is 1. The quantitative estimate of drug-likeness (QED) is 0.824. The lowest BCUT2D eigenvalue weighted by molar-refractivity contribution is 0.356. The van der Waals surface area contributed by atoms with Gasteiger partial charge >= 0.3 is 0 Å². The summed E-state index contributed by atoms with van der Waals surface area (Å²) >= 11 is 0. The van der Waals surface area contributed by atoms with Crippen LogP contribution in [0.25, 0.3) is 6.08 Å². The highest BCUT2D eigenvalue weighted by Gasteiger charge is 2.12. The molecule has 0 unspecified atom stereocenters. The van der Waals surface area contributed by atoms with Crippen LogP contribution < -0.4 is 4.74 Å². The summed E-state index contributed by atoms with van der Waals surface area (Å²) in [5.41, 5.74) is 5.27. The molecule has 2 aromatic carbocycles. The zero-order chi connectivity index (χ0) is 15.4. The first-order valence-corrected chi connectivity index (χ1v) is 7.87. The molecule has 2 heteroatoms. The topological polar surface area (TPSA) is 12.5 Å². The molecular weight excluding hydrogens is 270 g/mol. The lowest BCUT2D eigenvalue weighted by atomic mass is 10.1. The largest absolute Gasteiger partial charge is 0.493 e. The van der Waals surface area contributed by atoms with Gasteiger partial charge in [0.15, 0.2) is 0 Å². The van der Waals surface area contributed by atoms with E-state index in [1.807, 2.05) is 0 Å². The van der Waals surface area contributed by atoms with Gasteiger partial charge in [-0.2, -0.15) is 0 Å². The van der Waals surface area contributed by atoms with Crippen LogP contribution >= 0.6 is 0 Å². The smallest absolute Gasteiger partial charge is 0.122 e. The minimum absolute atomic E-state index is 0.827. The van der Waals surface area contributed by atoms with Crippen molar-refractivity contribution in [2.45, 2.75) is 19.9 Å². The van der Waals surface area contributed by atoms with Crippen molar-refractivity contribution in [2.24, 2.45) is 0 Å². The molecule has 2 aromatic rings. The summed E-state index contributed by atoms with van der Waals surface area (Å²) in [6.07, 6.45) is 5.46. The fourth-order valence-electron chi connectivity index (χ4n) is 2.86. The number of aryl methyl sites for hydroxylation is 1. The second-order valence-corrected chi connectivity index (χ2v) is 6.05. The molecule has 0 aliphatic carbocycles. The van der Waals surface area contributed by atoms with Crippen molar-refractivity contribution in [1.29, 1.82) is 0 Å². The molecule has 0 spiro atoms. The molecule has 1 aliphatic heterocycles. The maximum absolute atomic E-state index is 5.56. The van der Waals surface area contributed by atoms with Crippen molar-refractivity contribution in [3.05, 3.63) is 70.8 Å². The monoisotopic (exact) mass is 293 g/mol. The molecule has 0 saturated carbocycles. The molecule has 3 rings (SSSR count). The van der Waals surface area contributed by atoms with E-state index in [0.29, 0.717) is 0 Å². The minimum atomic E-state index is 0.827. The maximum Gasteiger partial charge on any atom is 0.122 e. The number of nitrogens with zero attached hydrogens (tertiary/aromatic N) is 1. The van der Waals surface area contributed by atoms with Crippen LogP contribution in [0.2, 0.25) is 0 Å². The Morgan fingerprint density at radius 1 is 1.18 bits per heavy atom. The van der Waals surface area contributed by atoms with Gasteiger partial charge in [0, 0.05) is 19.5 Å². The Morgan fingerprint density at radius 2 is 2.09 bits per heavy atom. The van der Waals surface area contributed by atoms with Gasteiger partial charge in [0.25, 0.3) is 0 Å². The van der Waals surface area contributed by atoms with Crippen LogP contribution in [0.4, 0.5) is 0 Å². The van der Waals surface area contributed by atoms with Crippen LogP contribution in [-0.4, -0.2) is 25.1 Å². The summed E-state index contributed by atoms with van der Waals surface area (Å²) in [5, 5.41) is 0. The summed E-state index contributed by atoms with van der Waals surface area (Å²) in [6.45, 7) is 4.86. The summed E-state index contributed by atoms with van der Waals surface area (Å²) < 4.78 is 5.56. The lowest BCUT2D eigenvalue weighted by Gasteiger charge is -2.15. The molecule has 0 bridgehead atoms. The SMILES string of the molecule is Cc1cccc(C=CCN(C)Cc2ccc3c(c2)CCO3)c1. The van der Waals surface area contributed by atoms with Gasteiger partial charge in [0.2, 0.25) is 0 Å². The number of hydrogen-bond acceptors (Lipinski definition) is 2. The summed E-state index contributed by atoms with van der Waals surface area (Å²) in [5.74, 6) is 1.06. The van der Waals surface area contributed by atoms with Crippen molar-refractivity contribution in [2.75, 3.05) is 20.2 Å². The van der Waals surface area contributed by atoms with Crippen LogP contribution in [0.3, 0.4) is 0 Å². The third-order valence-electron chi connectivity index (χ3n) is 3.98. The Balaban J connectivity index is 1.55. The molecule has 22 heavy (non-hydrogen) atoms. The normalized spacial score (nSPS) is 13.6. The zero-order valence-corrected chi connectivity index (χ0v) is 13.4. The molecular formula is C20H23NO. The molecule has 0 fully saturated rings. The van der Waals surface area contributed by atoms with E-state index in [0.717, 1.165) is 31.9 Å². The number of fused-ring (bicyclic) bond motifs is 1. The van der Waals surface area contributed by atoms with Crippen LogP contribution in [0.15, 0.2) is 48.5 Å². The summed E-state index contributed by atoms with van der Waals surface area (Å²) in [4.78, 5) is 2.32.